The standard InChI is InChI=1S/C11H22N2O/c1-6-7-11(12-3)13(4)10(2)8-9-14-5/h6-7,10H,8-9H2,1-5H3/b7-6+,12-11+. The Balaban J connectivity index is 4.20. The van der Waals surface area contributed by atoms with Gasteiger partial charge in [-0.3, -0.25) is 4.99 Å². The molecule has 82 valence electrons. The van der Waals surface area contributed by atoms with Crippen LogP contribution in [-0.4, -0.2) is 44.6 Å². The lowest BCUT2D eigenvalue weighted by molar-refractivity contribution is 0.173. The minimum absolute atomic E-state index is 0.449. The number of likely N-dealkylation sites (N-methyl/N-ethyl adjacent to an activating group) is 1. The second-order valence-corrected chi connectivity index (χ2v) is 3.32. The van der Waals surface area contributed by atoms with Gasteiger partial charge in [0.15, 0.2) is 0 Å². The van der Waals surface area contributed by atoms with Crippen LogP contribution in [0.5, 0.6) is 0 Å². The van der Waals surface area contributed by atoms with E-state index in [0.29, 0.717) is 6.04 Å². The molecule has 0 bridgehead atoms. The Morgan fingerprint density at radius 2 is 2.21 bits per heavy atom. The van der Waals surface area contributed by atoms with E-state index in [2.05, 4.69) is 23.9 Å². The first-order valence-electron chi connectivity index (χ1n) is 4.98. The lowest BCUT2D eigenvalue weighted by Gasteiger charge is -2.26. The molecule has 0 saturated carbocycles. The van der Waals surface area contributed by atoms with E-state index in [1.54, 1.807) is 7.11 Å². The highest BCUT2D eigenvalue weighted by atomic mass is 16.5. The van der Waals surface area contributed by atoms with E-state index in [0.717, 1.165) is 18.9 Å². The lowest BCUT2D eigenvalue weighted by Crippen LogP contribution is -2.34. The van der Waals surface area contributed by atoms with E-state index >= 15 is 0 Å². The summed E-state index contributed by atoms with van der Waals surface area (Å²) in [6.45, 7) is 4.96. The number of amidine groups is 1. The van der Waals surface area contributed by atoms with Gasteiger partial charge in [0.05, 0.1) is 0 Å². The Morgan fingerprint density at radius 1 is 1.57 bits per heavy atom. The summed E-state index contributed by atoms with van der Waals surface area (Å²) in [4.78, 5) is 6.39. The molecular weight excluding hydrogens is 176 g/mol. The van der Waals surface area contributed by atoms with Gasteiger partial charge in [-0.15, -0.1) is 0 Å². The third-order valence-electron chi connectivity index (χ3n) is 2.31. The Kier molecular flexibility index (Phi) is 7.11. The molecule has 3 heteroatoms. The van der Waals surface area contributed by atoms with E-state index in [-0.39, 0.29) is 0 Å². The van der Waals surface area contributed by atoms with Crippen molar-refractivity contribution >= 4 is 5.84 Å². The summed E-state index contributed by atoms with van der Waals surface area (Å²) in [5, 5.41) is 0. The second-order valence-electron chi connectivity index (χ2n) is 3.32. The van der Waals surface area contributed by atoms with Crippen molar-refractivity contribution < 1.29 is 4.74 Å². The van der Waals surface area contributed by atoms with Crippen LogP contribution in [0.3, 0.4) is 0 Å². The molecule has 0 heterocycles. The van der Waals surface area contributed by atoms with Crippen LogP contribution in [0.4, 0.5) is 0 Å². The molecule has 0 aliphatic rings. The number of allylic oxidation sites excluding steroid dienone is 1. The van der Waals surface area contributed by atoms with Crippen molar-refractivity contribution in [1.29, 1.82) is 0 Å². The number of hydrogen-bond acceptors (Lipinski definition) is 2. The van der Waals surface area contributed by atoms with E-state index in [9.17, 15) is 0 Å². The average Bonchev–Trinajstić information content (AvgIpc) is 2.21. The van der Waals surface area contributed by atoms with Crippen LogP contribution in [-0.2, 0) is 4.74 Å². The fourth-order valence-corrected chi connectivity index (χ4v) is 1.21. The van der Waals surface area contributed by atoms with Gasteiger partial charge < -0.3 is 9.64 Å². The van der Waals surface area contributed by atoms with Crippen LogP contribution in [0.15, 0.2) is 17.1 Å². The maximum atomic E-state index is 5.05. The number of ether oxygens (including phenoxy) is 1. The molecule has 0 amide bonds. The summed E-state index contributed by atoms with van der Waals surface area (Å²) in [5.74, 6) is 1.01. The van der Waals surface area contributed by atoms with Gasteiger partial charge >= 0.3 is 0 Å². The quantitative estimate of drug-likeness (QED) is 0.498. The molecule has 0 aliphatic carbocycles. The molecule has 0 aromatic heterocycles. The maximum absolute atomic E-state index is 5.05. The van der Waals surface area contributed by atoms with Crippen molar-refractivity contribution in [2.45, 2.75) is 26.3 Å². The smallest absolute Gasteiger partial charge is 0.122 e. The van der Waals surface area contributed by atoms with Crippen molar-refractivity contribution in [3.05, 3.63) is 12.2 Å². The van der Waals surface area contributed by atoms with Crippen molar-refractivity contribution in [1.82, 2.24) is 4.90 Å². The van der Waals surface area contributed by atoms with Gasteiger partial charge in [-0.25, -0.2) is 0 Å². The zero-order chi connectivity index (χ0) is 11.0. The molecule has 0 fully saturated rings. The maximum Gasteiger partial charge on any atom is 0.122 e. The van der Waals surface area contributed by atoms with Crippen molar-refractivity contribution in [2.24, 2.45) is 4.99 Å². The molecular formula is C11H22N2O. The summed E-state index contributed by atoms with van der Waals surface area (Å²) in [6, 6.07) is 0.449. The molecule has 3 nitrogen and oxygen atoms in total. The van der Waals surface area contributed by atoms with E-state index in [4.69, 9.17) is 4.74 Å². The third kappa shape index (κ3) is 4.42. The van der Waals surface area contributed by atoms with Crippen molar-refractivity contribution in [3.63, 3.8) is 0 Å². The molecule has 1 unspecified atom stereocenters. The fourth-order valence-electron chi connectivity index (χ4n) is 1.21. The molecule has 14 heavy (non-hydrogen) atoms. The highest BCUT2D eigenvalue weighted by Gasteiger charge is 2.10. The fraction of sp³-hybridized carbons (Fsp3) is 0.727. The predicted octanol–water partition coefficient (Wildman–Crippen LogP) is 1.95. The van der Waals surface area contributed by atoms with Crippen LogP contribution < -0.4 is 0 Å². The summed E-state index contributed by atoms with van der Waals surface area (Å²) in [7, 11) is 5.60. The molecule has 0 rings (SSSR count). The minimum atomic E-state index is 0.449. The van der Waals surface area contributed by atoms with Crippen molar-refractivity contribution in [2.75, 3.05) is 27.8 Å². The molecule has 0 aliphatic heterocycles. The van der Waals surface area contributed by atoms with Crippen LogP contribution >= 0.6 is 0 Å². The van der Waals surface area contributed by atoms with E-state index < -0.39 is 0 Å². The average molecular weight is 198 g/mol. The highest BCUT2D eigenvalue weighted by molar-refractivity contribution is 5.92. The zero-order valence-electron chi connectivity index (χ0n) is 9.95. The SMILES string of the molecule is C/C=C/C(=N\C)N(C)C(C)CCOC. The van der Waals surface area contributed by atoms with E-state index in [1.165, 1.54) is 0 Å². The summed E-state index contributed by atoms with van der Waals surface area (Å²) in [5.41, 5.74) is 0. The Morgan fingerprint density at radius 3 is 2.64 bits per heavy atom. The number of aliphatic imine (C=N–C) groups is 1. The largest absolute Gasteiger partial charge is 0.385 e. The van der Waals surface area contributed by atoms with Crippen LogP contribution in [0, 0.1) is 0 Å². The van der Waals surface area contributed by atoms with Crippen LogP contribution in [0.1, 0.15) is 20.3 Å². The van der Waals surface area contributed by atoms with Gasteiger partial charge in [0.2, 0.25) is 0 Å². The first-order valence-corrected chi connectivity index (χ1v) is 4.98. The van der Waals surface area contributed by atoms with Gasteiger partial charge in [0.1, 0.15) is 5.84 Å². The monoisotopic (exact) mass is 198 g/mol. The van der Waals surface area contributed by atoms with Gasteiger partial charge in [-0.05, 0) is 26.3 Å². The zero-order valence-corrected chi connectivity index (χ0v) is 9.95. The molecule has 0 saturated heterocycles. The van der Waals surface area contributed by atoms with Gasteiger partial charge in [0, 0.05) is 33.9 Å². The lowest BCUT2D eigenvalue weighted by atomic mass is 10.2. The Hall–Kier alpha value is -0.830. The molecule has 0 spiro atoms. The Bertz CT molecular complexity index is 199. The van der Waals surface area contributed by atoms with Crippen LogP contribution in [0.2, 0.25) is 0 Å². The first kappa shape index (κ1) is 13.2. The summed E-state index contributed by atoms with van der Waals surface area (Å²) >= 11 is 0. The first-order chi connectivity index (χ1) is 6.67. The topological polar surface area (TPSA) is 24.8 Å². The van der Waals surface area contributed by atoms with Gasteiger partial charge in [0.25, 0.3) is 0 Å². The minimum Gasteiger partial charge on any atom is -0.385 e. The summed E-state index contributed by atoms with van der Waals surface area (Å²) < 4.78 is 5.05. The third-order valence-corrected chi connectivity index (χ3v) is 2.31. The summed E-state index contributed by atoms with van der Waals surface area (Å²) in [6.07, 6.45) is 5.04. The van der Waals surface area contributed by atoms with Gasteiger partial charge in [-0.2, -0.15) is 0 Å². The van der Waals surface area contributed by atoms with Gasteiger partial charge in [-0.1, -0.05) is 6.08 Å². The molecule has 0 aromatic rings. The number of hydrogen-bond donors (Lipinski definition) is 0. The van der Waals surface area contributed by atoms with Crippen molar-refractivity contribution in [3.8, 4) is 0 Å². The number of nitrogens with zero attached hydrogens (tertiary/aromatic N) is 2. The van der Waals surface area contributed by atoms with E-state index in [1.807, 2.05) is 26.1 Å². The molecule has 0 radical (unpaired) electrons. The Labute approximate surface area is 87.5 Å². The normalized spacial score (nSPS) is 14.8. The molecule has 0 N–H and O–H groups in total. The highest BCUT2D eigenvalue weighted by Crippen LogP contribution is 2.03. The second kappa shape index (κ2) is 7.56. The molecule has 0 aromatic carbocycles. The van der Waals surface area contributed by atoms with Crippen LogP contribution in [0.25, 0.3) is 0 Å². The molecule has 1 atom stereocenters. The predicted molar refractivity (Wildman–Crippen MR) is 61.9 cm³/mol. The number of rotatable bonds is 5. The number of methoxy groups -OCH3 is 1.